The number of hydrogen-bond acceptors (Lipinski definition) is 4. The zero-order chi connectivity index (χ0) is 14.1. The van der Waals surface area contributed by atoms with Gasteiger partial charge >= 0.3 is 0 Å². The molecule has 20 heavy (non-hydrogen) atoms. The molecule has 0 aliphatic heterocycles. The monoisotopic (exact) mass is 286 g/mol. The van der Waals surface area contributed by atoms with E-state index in [1.165, 1.54) is 0 Å². The van der Waals surface area contributed by atoms with Crippen LogP contribution in [0.3, 0.4) is 0 Å². The predicted octanol–water partition coefficient (Wildman–Crippen LogP) is 4.07. The van der Waals surface area contributed by atoms with Crippen LogP contribution in [0.5, 0.6) is 5.75 Å². The highest BCUT2D eigenvalue weighted by Gasteiger charge is 2.11. The zero-order valence-electron chi connectivity index (χ0n) is 10.7. The van der Waals surface area contributed by atoms with Gasteiger partial charge in [-0.3, -0.25) is 0 Å². The molecule has 0 fully saturated rings. The smallest absolute Gasteiger partial charge is 0.258 e. The van der Waals surface area contributed by atoms with Gasteiger partial charge in [0.1, 0.15) is 5.75 Å². The summed E-state index contributed by atoms with van der Waals surface area (Å²) in [6, 6.07) is 12.4. The van der Waals surface area contributed by atoms with Crippen LogP contribution in [0.1, 0.15) is 5.56 Å². The average molecular weight is 287 g/mol. The molecule has 3 aromatic rings. The summed E-state index contributed by atoms with van der Waals surface area (Å²) in [6.07, 6.45) is 0. The number of hydrogen-bond donors (Lipinski definition) is 1. The van der Waals surface area contributed by atoms with Crippen molar-refractivity contribution in [1.29, 1.82) is 0 Å². The van der Waals surface area contributed by atoms with Gasteiger partial charge in [-0.15, -0.1) is 0 Å². The number of benzene rings is 2. The van der Waals surface area contributed by atoms with E-state index in [-0.39, 0.29) is 5.75 Å². The van der Waals surface area contributed by atoms with E-state index in [1.54, 1.807) is 30.3 Å². The van der Waals surface area contributed by atoms with Crippen molar-refractivity contribution in [1.82, 2.24) is 10.1 Å². The molecule has 0 saturated heterocycles. The minimum Gasteiger partial charge on any atom is -0.508 e. The largest absolute Gasteiger partial charge is 0.508 e. The molecule has 0 saturated carbocycles. The van der Waals surface area contributed by atoms with Gasteiger partial charge in [0.2, 0.25) is 5.82 Å². The van der Waals surface area contributed by atoms with Crippen LogP contribution in [0.15, 0.2) is 47.0 Å². The second-order valence-corrected chi connectivity index (χ2v) is 4.87. The summed E-state index contributed by atoms with van der Waals surface area (Å²) in [5.74, 6) is 1.12. The maximum atomic E-state index is 9.52. The fourth-order valence-electron chi connectivity index (χ4n) is 1.87. The van der Waals surface area contributed by atoms with Crippen molar-refractivity contribution in [3.63, 3.8) is 0 Å². The van der Waals surface area contributed by atoms with Crippen LogP contribution in [-0.2, 0) is 0 Å². The maximum Gasteiger partial charge on any atom is 0.258 e. The van der Waals surface area contributed by atoms with Crippen LogP contribution in [0.2, 0.25) is 5.02 Å². The van der Waals surface area contributed by atoms with E-state index in [1.807, 2.05) is 19.1 Å². The fraction of sp³-hybridized carbons (Fsp3) is 0.0667. The molecule has 0 amide bonds. The number of aromatic hydroxyl groups is 1. The van der Waals surface area contributed by atoms with Gasteiger partial charge in [-0.25, -0.2) is 0 Å². The SMILES string of the molecule is Cc1cc(-c2nc(-c3cccc(Cl)c3)no2)ccc1O. The number of aromatic nitrogens is 2. The van der Waals surface area contributed by atoms with E-state index in [2.05, 4.69) is 10.1 Å². The molecule has 1 N–H and O–H groups in total. The molecule has 0 aliphatic rings. The Morgan fingerprint density at radius 3 is 2.70 bits per heavy atom. The minimum absolute atomic E-state index is 0.239. The summed E-state index contributed by atoms with van der Waals surface area (Å²) in [5, 5.41) is 14.1. The second kappa shape index (κ2) is 4.98. The Kier molecular flexibility index (Phi) is 3.16. The molecule has 0 bridgehead atoms. The topological polar surface area (TPSA) is 59.2 Å². The van der Waals surface area contributed by atoms with E-state index in [0.29, 0.717) is 16.7 Å². The van der Waals surface area contributed by atoms with Gasteiger partial charge < -0.3 is 9.63 Å². The van der Waals surface area contributed by atoms with Crippen LogP contribution in [0, 0.1) is 6.92 Å². The minimum atomic E-state index is 0.239. The molecule has 0 unspecified atom stereocenters. The lowest BCUT2D eigenvalue weighted by Crippen LogP contribution is -1.82. The van der Waals surface area contributed by atoms with Crippen LogP contribution in [0.25, 0.3) is 22.8 Å². The first-order valence-corrected chi connectivity index (χ1v) is 6.41. The van der Waals surface area contributed by atoms with E-state index < -0.39 is 0 Å². The van der Waals surface area contributed by atoms with Crippen molar-refractivity contribution in [3.8, 4) is 28.6 Å². The third-order valence-electron chi connectivity index (χ3n) is 2.95. The quantitative estimate of drug-likeness (QED) is 0.771. The standard InChI is InChI=1S/C15H11ClN2O2/c1-9-7-11(5-6-13(9)19)15-17-14(18-20-15)10-3-2-4-12(16)8-10/h2-8,19H,1H3. The van der Waals surface area contributed by atoms with E-state index in [4.69, 9.17) is 16.1 Å². The van der Waals surface area contributed by atoms with Crippen LogP contribution >= 0.6 is 11.6 Å². The first kappa shape index (κ1) is 12.7. The van der Waals surface area contributed by atoms with Crippen molar-refractivity contribution >= 4 is 11.6 Å². The summed E-state index contributed by atoms with van der Waals surface area (Å²) in [7, 11) is 0. The summed E-state index contributed by atoms with van der Waals surface area (Å²) >= 11 is 5.94. The van der Waals surface area contributed by atoms with Crippen molar-refractivity contribution < 1.29 is 9.63 Å². The Morgan fingerprint density at radius 1 is 1.10 bits per heavy atom. The summed E-state index contributed by atoms with van der Waals surface area (Å²) in [4.78, 5) is 4.34. The number of halogens is 1. The van der Waals surface area contributed by atoms with Gasteiger partial charge in [0.05, 0.1) is 0 Å². The predicted molar refractivity (Wildman–Crippen MR) is 76.6 cm³/mol. The van der Waals surface area contributed by atoms with Gasteiger partial charge in [0.15, 0.2) is 0 Å². The molecule has 0 spiro atoms. The Hall–Kier alpha value is -2.33. The first-order chi connectivity index (χ1) is 9.63. The number of phenols is 1. The van der Waals surface area contributed by atoms with Crippen molar-refractivity contribution in [2.75, 3.05) is 0 Å². The normalized spacial score (nSPS) is 10.7. The van der Waals surface area contributed by atoms with E-state index >= 15 is 0 Å². The number of rotatable bonds is 2. The van der Waals surface area contributed by atoms with Crippen molar-refractivity contribution in [3.05, 3.63) is 53.1 Å². The summed E-state index contributed by atoms with van der Waals surface area (Å²) in [5.41, 5.74) is 2.31. The molecule has 1 heterocycles. The summed E-state index contributed by atoms with van der Waals surface area (Å²) < 4.78 is 5.25. The van der Waals surface area contributed by atoms with Crippen LogP contribution in [-0.4, -0.2) is 15.2 Å². The molecule has 0 aliphatic carbocycles. The van der Waals surface area contributed by atoms with Gasteiger partial charge in [-0.05, 0) is 42.8 Å². The molecule has 5 heteroatoms. The average Bonchev–Trinajstić information content (AvgIpc) is 2.92. The lowest BCUT2D eigenvalue weighted by atomic mass is 10.1. The third-order valence-corrected chi connectivity index (χ3v) is 3.19. The fourth-order valence-corrected chi connectivity index (χ4v) is 2.06. The molecule has 1 aromatic heterocycles. The first-order valence-electron chi connectivity index (χ1n) is 6.03. The highest BCUT2D eigenvalue weighted by molar-refractivity contribution is 6.30. The molecule has 3 rings (SSSR count). The number of aryl methyl sites for hydroxylation is 1. The lowest BCUT2D eigenvalue weighted by molar-refractivity contribution is 0.432. The molecule has 100 valence electrons. The molecule has 2 aromatic carbocycles. The molecular formula is C15H11ClN2O2. The van der Waals surface area contributed by atoms with Crippen LogP contribution < -0.4 is 0 Å². The van der Waals surface area contributed by atoms with Crippen LogP contribution in [0.4, 0.5) is 0 Å². The van der Waals surface area contributed by atoms with Gasteiger partial charge in [0, 0.05) is 16.1 Å². The van der Waals surface area contributed by atoms with Crippen molar-refractivity contribution in [2.24, 2.45) is 0 Å². The van der Waals surface area contributed by atoms with E-state index in [0.717, 1.165) is 16.7 Å². The van der Waals surface area contributed by atoms with Gasteiger partial charge in [0.25, 0.3) is 5.89 Å². The zero-order valence-corrected chi connectivity index (χ0v) is 11.4. The number of nitrogens with zero attached hydrogens (tertiary/aromatic N) is 2. The van der Waals surface area contributed by atoms with Gasteiger partial charge in [-0.2, -0.15) is 4.98 Å². The lowest BCUT2D eigenvalue weighted by Gasteiger charge is -1.99. The molecule has 0 atom stereocenters. The van der Waals surface area contributed by atoms with Crippen molar-refractivity contribution in [2.45, 2.75) is 6.92 Å². The molecule has 0 radical (unpaired) electrons. The molecule has 4 nitrogen and oxygen atoms in total. The number of phenolic OH excluding ortho intramolecular Hbond substituents is 1. The Labute approximate surface area is 120 Å². The van der Waals surface area contributed by atoms with Gasteiger partial charge in [-0.1, -0.05) is 28.9 Å². The second-order valence-electron chi connectivity index (χ2n) is 4.43. The Morgan fingerprint density at radius 2 is 1.95 bits per heavy atom. The highest BCUT2D eigenvalue weighted by Crippen LogP contribution is 2.27. The maximum absolute atomic E-state index is 9.52. The highest BCUT2D eigenvalue weighted by atomic mass is 35.5. The molecular weight excluding hydrogens is 276 g/mol. The third kappa shape index (κ3) is 2.38. The Balaban J connectivity index is 1.99. The summed E-state index contributed by atoms with van der Waals surface area (Å²) in [6.45, 7) is 1.81. The Bertz CT molecular complexity index is 768. The van der Waals surface area contributed by atoms with E-state index in [9.17, 15) is 5.11 Å².